The van der Waals surface area contributed by atoms with Gasteiger partial charge in [0, 0.05) is 6.54 Å². The zero-order valence-electron chi connectivity index (χ0n) is 11.5. The Kier molecular flexibility index (Phi) is 5.36. The third-order valence-corrected chi connectivity index (χ3v) is 5.87. The number of rotatable bonds is 6. The molecule has 1 aromatic heterocycles. The molecule has 0 amide bonds. The Bertz CT molecular complexity index is 530. The number of nitrogens with two attached hydrogens (primary N) is 1. The molecule has 1 aromatic rings. The van der Waals surface area contributed by atoms with Crippen LogP contribution in [0.5, 0.6) is 0 Å². The van der Waals surface area contributed by atoms with E-state index in [1.807, 2.05) is 0 Å². The van der Waals surface area contributed by atoms with Crippen LogP contribution in [0.4, 0.5) is 5.13 Å². The first-order chi connectivity index (χ1) is 9.47. The van der Waals surface area contributed by atoms with Crippen LogP contribution in [0.25, 0.3) is 0 Å². The van der Waals surface area contributed by atoms with Crippen LogP contribution in [0.3, 0.4) is 0 Å². The van der Waals surface area contributed by atoms with E-state index in [4.69, 9.17) is 9.88 Å². The fraction of sp³-hybridized carbons (Fsp3) is 0.750. The van der Waals surface area contributed by atoms with Gasteiger partial charge in [-0.2, -0.15) is 0 Å². The van der Waals surface area contributed by atoms with Crippen LogP contribution in [0.15, 0.2) is 10.4 Å². The summed E-state index contributed by atoms with van der Waals surface area (Å²) in [6.07, 6.45) is 6.53. The second kappa shape index (κ2) is 6.84. The minimum Gasteiger partial charge on any atom is -0.376 e. The van der Waals surface area contributed by atoms with Crippen molar-refractivity contribution in [1.82, 2.24) is 4.98 Å². The molecule has 1 aliphatic carbocycles. The van der Waals surface area contributed by atoms with Crippen LogP contribution < -0.4 is 10.5 Å². The highest BCUT2D eigenvalue weighted by Gasteiger charge is 2.21. The van der Waals surface area contributed by atoms with E-state index in [1.54, 1.807) is 0 Å². The van der Waals surface area contributed by atoms with Gasteiger partial charge in [0.25, 0.3) is 0 Å². The molecule has 1 heterocycles. The standard InChI is InChI=1S/C12H21N3O3S2/c1-9-4-2-3-5-10(9)18-7-6-14-12-15-8-11(19-12)20(13,16)17/h8-10H,2-7H2,1H3,(H,14,15)(H2,13,16,17)/t9-,10-/m1/s1. The highest BCUT2D eigenvalue weighted by atomic mass is 32.2. The van der Waals surface area contributed by atoms with Gasteiger partial charge in [-0.3, -0.25) is 0 Å². The third kappa shape index (κ3) is 4.41. The molecule has 114 valence electrons. The smallest absolute Gasteiger partial charge is 0.249 e. The molecule has 0 radical (unpaired) electrons. The number of sulfonamides is 1. The average Bonchev–Trinajstić information content (AvgIpc) is 2.85. The molecule has 8 heteroatoms. The summed E-state index contributed by atoms with van der Waals surface area (Å²) in [5.74, 6) is 0.623. The third-order valence-electron chi connectivity index (χ3n) is 3.51. The Hall–Kier alpha value is -0.700. The second-order valence-electron chi connectivity index (χ2n) is 5.13. The fourth-order valence-electron chi connectivity index (χ4n) is 2.37. The zero-order valence-corrected chi connectivity index (χ0v) is 13.2. The topological polar surface area (TPSA) is 94.3 Å². The molecule has 0 spiro atoms. The molecule has 2 atom stereocenters. The normalized spacial score (nSPS) is 23.7. The quantitative estimate of drug-likeness (QED) is 0.780. The molecule has 1 fully saturated rings. The Balaban J connectivity index is 1.72. The van der Waals surface area contributed by atoms with Crippen LogP contribution in [0.1, 0.15) is 32.6 Å². The Labute approximate surface area is 123 Å². The van der Waals surface area contributed by atoms with Crippen molar-refractivity contribution in [3.05, 3.63) is 6.20 Å². The minimum absolute atomic E-state index is 0.0711. The molecule has 6 nitrogen and oxygen atoms in total. The van der Waals surface area contributed by atoms with Crippen LogP contribution in [-0.4, -0.2) is 32.7 Å². The van der Waals surface area contributed by atoms with Crippen LogP contribution >= 0.6 is 11.3 Å². The van der Waals surface area contributed by atoms with Crippen molar-refractivity contribution in [3.63, 3.8) is 0 Å². The molecule has 3 N–H and O–H groups in total. The van der Waals surface area contributed by atoms with Crippen molar-refractivity contribution in [2.75, 3.05) is 18.5 Å². The first kappa shape index (κ1) is 15.7. The molecule has 0 aliphatic heterocycles. The summed E-state index contributed by atoms with van der Waals surface area (Å²) in [5.41, 5.74) is 0. The van der Waals surface area contributed by atoms with Gasteiger partial charge < -0.3 is 10.1 Å². The number of nitrogens with one attached hydrogen (secondary N) is 1. The number of thiazole rings is 1. The highest BCUT2D eigenvalue weighted by molar-refractivity contribution is 7.91. The lowest BCUT2D eigenvalue weighted by molar-refractivity contribution is 0.000392. The number of aromatic nitrogens is 1. The summed E-state index contributed by atoms with van der Waals surface area (Å²) >= 11 is 1.04. The molecule has 1 saturated carbocycles. The summed E-state index contributed by atoms with van der Waals surface area (Å²) < 4.78 is 28.2. The monoisotopic (exact) mass is 319 g/mol. The van der Waals surface area contributed by atoms with Gasteiger partial charge in [0.05, 0.1) is 18.9 Å². The van der Waals surface area contributed by atoms with Crippen molar-refractivity contribution in [2.24, 2.45) is 11.1 Å². The van der Waals surface area contributed by atoms with E-state index < -0.39 is 10.0 Å². The minimum atomic E-state index is -3.65. The maximum atomic E-state index is 11.1. The number of primary sulfonamides is 1. The van der Waals surface area contributed by atoms with E-state index in [0.29, 0.717) is 30.3 Å². The molecule has 2 rings (SSSR count). The number of nitrogens with zero attached hydrogens (tertiary/aromatic N) is 1. The fourth-order valence-corrected chi connectivity index (χ4v) is 3.85. The maximum absolute atomic E-state index is 11.1. The van der Waals surface area contributed by atoms with E-state index in [2.05, 4.69) is 17.2 Å². The summed E-state index contributed by atoms with van der Waals surface area (Å²) in [6, 6.07) is 0. The largest absolute Gasteiger partial charge is 0.376 e. The average molecular weight is 319 g/mol. The van der Waals surface area contributed by atoms with Gasteiger partial charge in [-0.15, -0.1) is 0 Å². The summed E-state index contributed by atoms with van der Waals surface area (Å²) in [6.45, 7) is 3.44. The lowest BCUT2D eigenvalue weighted by Gasteiger charge is -2.28. The summed E-state index contributed by atoms with van der Waals surface area (Å²) in [5, 5.41) is 8.63. The molecular formula is C12H21N3O3S2. The summed E-state index contributed by atoms with van der Waals surface area (Å²) in [4.78, 5) is 3.97. The number of anilines is 1. The molecule has 0 bridgehead atoms. The molecule has 1 aliphatic rings. The van der Waals surface area contributed by atoms with E-state index in [1.165, 1.54) is 25.5 Å². The lowest BCUT2D eigenvalue weighted by Crippen LogP contribution is -2.27. The van der Waals surface area contributed by atoms with Gasteiger partial charge in [0.15, 0.2) is 9.34 Å². The first-order valence-electron chi connectivity index (χ1n) is 6.81. The SMILES string of the molecule is C[C@@H]1CCCC[C@H]1OCCNc1ncc(S(N)(=O)=O)s1. The predicted octanol–water partition coefficient (Wildman–Crippen LogP) is 1.80. The van der Waals surface area contributed by atoms with Crippen molar-refractivity contribution >= 4 is 26.5 Å². The number of hydrogen-bond donors (Lipinski definition) is 2. The van der Waals surface area contributed by atoms with Crippen molar-refractivity contribution in [1.29, 1.82) is 0 Å². The van der Waals surface area contributed by atoms with E-state index in [9.17, 15) is 8.42 Å². The number of hydrogen-bond acceptors (Lipinski definition) is 6. The molecule has 0 unspecified atom stereocenters. The Morgan fingerprint density at radius 2 is 2.25 bits per heavy atom. The van der Waals surface area contributed by atoms with E-state index in [0.717, 1.165) is 17.8 Å². The predicted molar refractivity (Wildman–Crippen MR) is 79.3 cm³/mol. The lowest BCUT2D eigenvalue weighted by atomic mass is 9.88. The van der Waals surface area contributed by atoms with Gasteiger partial charge in [-0.1, -0.05) is 31.1 Å². The van der Waals surface area contributed by atoms with Crippen LogP contribution in [0, 0.1) is 5.92 Å². The van der Waals surface area contributed by atoms with Gasteiger partial charge in [-0.05, 0) is 18.8 Å². The van der Waals surface area contributed by atoms with Gasteiger partial charge in [-0.25, -0.2) is 18.5 Å². The Morgan fingerprint density at radius 1 is 1.50 bits per heavy atom. The zero-order chi connectivity index (χ0) is 14.6. The summed E-state index contributed by atoms with van der Waals surface area (Å²) in [7, 11) is -3.65. The van der Waals surface area contributed by atoms with Crippen LogP contribution in [0.2, 0.25) is 0 Å². The van der Waals surface area contributed by atoms with Gasteiger partial charge in [0.1, 0.15) is 0 Å². The van der Waals surface area contributed by atoms with Crippen LogP contribution in [-0.2, 0) is 14.8 Å². The second-order valence-corrected chi connectivity index (χ2v) is 7.95. The van der Waals surface area contributed by atoms with Gasteiger partial charge in [0.2, 0.25) is 10.0 Å². The first-order valence-corrected chi connectivity index (χ1v) is 9.17. The van der Waals surface area contributed by atoms with Crippen molar-refractivity contribution in [2.45, 2.75) is 42.9 Å². The molecular weight excluding hydrogens is 298 g/mol. The van der Waals surface area contributed by atoms with E-state index in [-0.39, 0.29) is 4.21 Å². The Morgan fingerprint density at radius 3 is 2.90 bits per heavy atom. The molecule has 20 heavy (non-hydrogen) atoms. The van der Waals surface area contributed by atoms with Crippen molar-refractivity contribution in [3.8, 4) is 0 Å². The highest BCUT2D eigenvalue weighted by Crippen LogP contribution is 2.26. The molecule has 0 saturated heterocycles. The maximum Gasteiger partial charge on any atom is 0.249 e. The number of ether oxygens (including phenoxy) is 1. The van der Waals surface area contributed by atoms with E-state index >= 15 is 0 Å². The molecule has 0 aromatic carbocycles. The van der Waals surface area contributed by atoms with Gasteiger partial charge >= 0.3 is 0 Å². The van der Waals surface area contributed by atoms with Crippen molar-refractivity contribution < 1.29 is 13.2 Å².